The van der Waals surface area contributed by atoms with E-state index in [4.69, 9.17) is 19.1 Å². The minimum Gasteiger partial charge on any atom is -0.490 e. The predicted molar refractivity (Wildman–Crippen MR) is 114 cm³/mol. The van der Waals surface area contributed by atoms with Crippen molar-refractivity contribution in [1.29, 1.82) is 0 Å². The molecule has 1 aliphatic rings. The van der Waals surface area contributed by atoms with Crippen LogP contribution in [0.5, 0.6) is 5.75 Å². The normalized spacial score (nSPS) is 14.5. The molecule has 2 heterocycles. The molecule has 1 aliphatic heterocycles. The average Bonchev–Trinajstić information content (AvgIpc) is 3.29. The maximum absolute atomic E-state index is 10.5. The Kier molecular flexibility index (Phi) is 6.91. The summed E-state index contributed by atoms with van der Waals surface area (Å²) in [5.74, 6) is 0.982. The monoisotopic (exact) mass is 423 g/mol. The lowest BCUT2D eigenvalue weighted by atomic mass is 10.1. The van der Waals surface area contributed by atoms with Crippen LogP contribution in [0.25, 0.3) is 22.8 Å². The molecule has 8 heteroatoms. The molecule has 0 amide bonds. The number of aliphatic carboxylic acids is 1. The Morgan fingerprint density at radius 3 is 2.48 bits per heavy atom. The molecule has 0 unspecified atom stereocenters. The summed E-state index contributed by atoms with van der Waals surface area (Å²) >= 11 is 0. The van der Waals surface area contributed by atoms with E-state index in [1.54, 1.807) is 0 Å². The fourth-order valence-electron chi connectivity index (χ4n) is 3.32. The molecule has 0 spiro atoms. The zero-order valence-corrected chi connectivity index (χ0v) is 17.1. The molecule has 0 bridgehead atoms. The van der Waals surface area contributed by atoms with E-state index >= 15 is 0 Å². The second-order valence-corrected chi connectivity index (χ2v) is 7.39. The third-order valence-electron chi connectivity index (χ3n) is 5.06. The number of ether oxygens (including phenoxy) is 2. The summed E-state index contributed by atoms with van der Waals surface area (Å²) in [6.07, 6.45) is 2.12. The molecule has 1 aromatic heterocycles. The summed E-state index contributed by atoms with van der Waals surface area (Å²) in [6.45, 7) is 2.53. The zero-order valence-electron chi connectivity index (χ0n) is 17.1. The van der Waals surface area contributed by atoms with Gasteiger partial charge in [-0.25, -0.2) is 0 Å². The quantitative estimate of drug-likeness (QED) is 0.504. The highest BCUT2D eigenvalue weighted by atomic mass is 16.5. The van der Waals surface area contributed by atoms with Gasteiger partial charge in [0.1, 0.15) is 11.9 Å². The van der Waals surface area contributed by atoms with Crippen LogP contribution in [0.2, 0.25) is 0 Å². The lowest BCUT2D eigenvalue weighted by Crippen LogP contribution is -2.25. The van der Waals surface area contributed by atoms with Crippen molar-refractivity contribution >= 4 is 5.97 Å². The van der Waals surface area contributed by atoms with Crippen molar-refractivity contribution in [2.75, 3.05) is 19.8 Å². The molecule has 0 atom stereocenters. The van der Waals surface area contributed by atoms with E-state index in [2.05, 4.69) is 15.5 Å². The summed E-state index contributed by atoms with van der Waals surface area (Å²) in [4.78, 5) is 15.0. The highest BCUT2D eigenvalue weighted by Gasteiger charge is 2.16. The fourth-order valence-corrected chi connectivity index (χ4v) is 3.32. The van der Waals surface area contributed by atoms with E-state index in [-0.39, 0.29) is 12.5 Å². The third kappa shape index (κ3) is 5.90. The number of aromatic nitrogens is 2. The van der Waals surface area contributed by atoms with Gasteiger partial charge in [0.15, 0.2) is 0 Å². The predicted octanol–water partition coefficient (Wildman–Crippen LogP) is 3.53. The van der Waals surface area contributed by atoms with Gasteiger partial charge in [-0.15, -0.1) is 0 Å². The number of benzene rings is 2. The van der Waals surface area contributed by atoms with E-state index in [9.17, 15) is 4.79 Å². The molecule has 2 N–H and O–H groups in total. The summed E-state index contributed by atoms with van der Waals surface area (Å²) in [5, 5.41) is 15.9. The zero-order chi connectivity index (χ0) is 21.5. The number of carboxylic acids is 1. The summed E-state index contributed by atoms with van der Waals surface area (Å²) < 4.78 is 16.8. The van der Waals surface area contributed by atoms with Crippen LogP contribution in [-0.2, 0) is 16.1 Å². The number of carboxylic acid groups (broad SMARTS) is 1. The van der Waals surface area contributed by atoms with Gasteiger partial charge >= 0.3 is 5.97 Å². The number of carbonyl (C=O) groups is 1. The van der Waals surface area contributed by atoms with Crippen LogP contribution in [0, 0.1) is 0 Å². The van der Waals surface area contributed by atoms with Crippen molar-refractivity contribution < 1.29 is 23.9 Å². The molecule has 2 aromatic carbocycles. The highest BCUT2D eigenvalue weighted by Crippen LogP contribution is 2.25. The molecule has 0 aliphatic carbocycles. The first-order valence-electron chi connectivity index (χ1n) is 10.4. The Bertz CT molecular complexity index is 979. The standard InChI is InChI=1S/C23H25N3O5/c27-21(28)9-12-24-15-16-1-3-17(4-2-16)22-25-23(31-26-22)18-5-7-19(8-6-18)30-20-10-13-29-14-11-20/h1-8,20,24H,9-15H2,(H,27,28). The van der Waals surface area contributed by atoms with Crippen molar-refractivity contribution in [1.82, 2.24) is 15.5 Å². The molecule has 1 fully saturated rings. The Hall–Kier alpha value is -3.23. The summed E-state index contributed by atoms with van der Waals surface area (Å²) in [5.41, 5.74) is 2.74. The molecule has 4 rings (SSSR count). The minimum absolute atomic E-state index is 0.104. The smallest absolute Gasteiger partial charge is 0.304 e. The van der Waals surface area contributed by atoms with Gasteiger partial charge < -0.3 is 24.4 Å². The van der Waals surface area contributed by atoms with E-state index in [0.29, 0.717) is 24.8 Å². The molecular formula is C23H25N3O5. The van der Waals surface area contributed by atoms with Crippen LogP contribution in [0.4, 0.5) is 0 Å². The topological polar surface area (TPSA) is 107 Å². The number of nitrogens with zero attached hydrogens (tertiary/aromatic N) is 2. The van der Waals surface area contributed by atoms with E-state index < -0.39 is 5.97 Å². The van der Waals surface area contributed by atoms with Crippen LogP contribution >= 0.6 is 0 Å². The van der Waals surface area contributed by atoms with E-state index in [0.717, 1.165) is 48.5 Å². The molecule has 0 radical (unpaired) electrons. The molecule has 1 saturated heterocycles. The first-order valence-corrected chi connectivity index (χ1v) is 10.4. The molecule has 162 valence electrons. The van der Waals surface area contributed by atoms with Crippen LogP contribution in [0.3, 0.4) is 0 Å². The van der Waals surface area contributed by atoms with Crippen LogP contribution in [0.15, 0.2) is 53.1 Å². The molecule has 31 heavy (non-hydrogen) atoms. The van der Waals surface area contributed by atoms with E-state index in [1.807, 2.05) is 48.5 Å². The Balaban J connectivity index is 1.34. The maximum atomic E-state index is 10.5. The SMILES string of the molecule is O=C(O)CCNCc1ccc(-c2noc(-c3ccc(OC4CCOCC4)cc3)n2)cc1. The molecule has 3 aromatic rings. The second-order valence-electron chi connectivity index (χ2n) is 7.39. The number of hydrogen-bond acceptors (Lipinski definition) is 7. The largest absolute Gasteiger partial charge is 0.490 e. The lowest BCUT2D eigenvalue weighted by molar-refractivity contribution is -0.136. The molecule has 0 saturated carbocycles. The van der Waals surface area contributed by atoms with Gasteiger partial charge in [0.25, 0.3) is 5.89 Å². The van der Waals surface area contributed by atoms with Crippen LogP contribution in [0.1, 0.15) is 24.8 Å². The number of hydrogen-bond donors (Lipinski definition) is 2. The summed E-state index contributed by atoms with van der Waals surface area (Å²) in [6, 6.07) is 15.4. The van der Waals surface area contributed by atoms with Crippen molar-refractivity contribution in [2.24, 2.45) is 0 Å². The summed E-state index contributed by atoms with van der Waals surface area (Å²) in [7, 11) is 0. The van der Waals surface area contributed by atoms with E-state index in [1.165, 1.54) is 0 Å². The Morgan fingerprint density at radius 1 is 1.06 bits per heavy atom. The van der Waals surface area contributed by atoms with Gasteiger partial charge in [-0.2, -0.15) is 4.98 Å². The first kappa shape index (κ1) is 21.0. The average molecular weight is 423 g/mol. The van der Waals surface area contributed by atoms with Crippen molar-refractivity contribution in [3.8, 4) is 28.6 Å². The van der Waals surface area contributed by atoms with Gasteiger partial charge in [0.05, 0.1) is 19.6 Å². The van der Waals surface area contributed by atoms with Crippen LogP contribution in [-0.4, -0.2) is 47.1 Å². The molecular weight excluding hydrogens is 398 g/mol. The van der Waals surface area contributed by atoms with Crippen LogP contribution < -0.4 is 10.1 Å². The van der Waals surface area contributed by atoms with Gasteiger partial charge in [-0.05, 0) is 29.8 Å². The van der Waals surface area contributed by atoms with Gasteiger partial charge in [0.2, 0.25) is 5.82 Å². The van der Waals surface area contributed by atoms with Crippen molar-refractivity contribution in [3.63, 3.8) is 0 Å². The minimum atomic E-state index is -0.808. The van der Waals surface area contributed by atoms with Gasteiger partial charge in [-0.3, -0.25) is 4.79 Å². The van der Waals surface area contributed by atoms with Gasteiger partial charge in [-0.1, -0.05) is 29.4 Å². The maximum Gasteiger partial charge on any atom is 0.304 e. The fraction of sp³-hybridized carbons (Fsp3) is 0.348. The molecule has 8 nitrogen and oxygen atoms in total. The Morgan fingerprint density at radius 2 is 1.77 bits per heavy atom. The highest BCUT2D eigenvalue weighted by molar-refractivity contribution is 5.66. The van der Waals surface area contributed by atoms with Crippen molar-refractivity contribution in [3.05, 3.63) is 54.1 Å². The second kappa shape index (κ2) is 10.2. The van der Waals surface area contributed by atoms with Gasteiger partial charge in [0, 0.05) is 37.1 Å². The Labute approximate surface area is 180 Å². The third-order valence-corrected chi connectivity index (χ3v) is 5.06. The van der Waals surface area contributed by atoms with Crippen molar-refractivity contribution in [2.45, 2.75) is 31.9 Å². The number of nitrogens with one attached hydrogen (secondary N) is 1. The first-order chi connectivity index (χ1) is 15.2. The lowest BCUT2D eigenvalue weighted by Gasteiger charge is -2.23. The number of rotatable bonds is 9.